The van der Waals surface area contributed by atoms with Crippen molar-refractivity contribution in [3.63, 3.8) is 0 Å². The van der Waals surface area contributed by atoms with E-state index in [0.29, 0.717) is 13.0 Å². The molecule has 0 saturated carbocycles. The fourth-order valence-electron chi connectivity index (χ4n) is 3.00. The molecule has 0 radical (unpaired) electrons. The van der Waals surface area contributed by atoms with Crippen LogP contribution in [0.4, 0.5) is 13.6 Å². The lowest BCUT2D eigenvalue weighted by Gasteiger charge is -2.38. The second-order valence-corrected chi connectivity index (χ2v) is 7.12. The molecule has 1 fully saturated rings. The van der Waals surface area contributed by atoms with E-state index in [1.807, 2.05) is 0 Å². The van der Waals surface area contributed by atoms with Gasteiger partial charge in [-0.1, -0.05) is 6.07 Å². The van der Waals surface area contributed by atoms with Gasteiger partial charge in [0.15, 0.2) is 0 Å². The average molecular weight is 355 g/mol. The quantitative estimate of drug-likeness (QED) is 0.762. The molecule has 5 nitrogen and oxygen atoms in total. The van der Waals surface area contributed by atoms with Crippen LogP contribution in [-0.2, 0) is 14.3 Å². The second-order valence-electron chi connectivity index (χ2n) is 7.12. The lowest BCUT2D eigenvalue weighted by molar-refractivity contribution is -0.148. The Morgan fingerprint density at radius 2 is 1.92 bits per heavy atom. The summed E-state index contributed by atoms with van der Waals surface area (Å²) < 4.78 is 37.6. The number of piperidine rings is 1. The number of amides is 1. The van der Waals surface area contributed by atoms with E-state index in [1.165, 1.54) is 18.1 Å². The minimum Gasteiger partial charge on any atom is -0.469 e. The van der Waals surface area contributed by atoms with E-state index < -0.39 is 41.1 Å². The summed E-state index contributed by atoms with van der Waals surface area (Å²) in [5, 5.41) is 0. The van der Waals surface area contributed by atoms with Crippen LogP contribution in [0, 0.1) is 17.6 Å². The maximum absolute atomic E-state index is 14.2. The van der Waals surface area contributed by atoms with Crippen LogP contribution in [0.1, 0.15) is 38.7 Å². The molecule has 0 spiro atoms. The number of esters is 1. The molecule has 1 aliphatic rings. The first kappa shape index (κ1) is 19.1. The summed E-state index contributed by atoms with van der Waals surface area (Å²) in [6, 6.07) is 3.22. The molecule has 25 heavy (non-hydrogen) atoms. The first-order chi connectivity index (χ1) is 11.6. The van der Waals surface area contributed by atoms with Gasteiger partial charge in [-0.25, -0.2) is 13.6 Å². The molecule has 2 atom stereocenters. The van der Waals surface area contributed by atoms with Crippen LogP contribution in [0.2, 0.25) is 0 Å². The van der Waals surface area contributed by atoms with Crippen molar-refractivity contribution in [3.8, 4) is 0 Å². The molecule has 0 unspecified atom stereocenters. The zero-order valence-electron chi connectivity index (χ0n) is 14.8. The SMILES string of the molecule is COC(=O)[C@@H]1CCN(C(=O)OC(C)(C)C)C[C@H]1c1ccc(F)cc1F. The first-order valence-corrected chi connectivity index (χ1v) is 8.13. The topological polar surface area (TPSA) is 55.8 Å². The van der Waals surface area contributed by atoms with Gasteiger partial charge in [-0.2, -0.15) is 0 Å². The molecular formula is C18H23F2NO4. The highest BCUT2D eigenvalue weighted by Crippen LogP contribution is 2.35. The van der Waals surface area contributed by atoms with Gasteiger partial charge in [0.25, 0.3) is 0 Å². The van der Waals surface area contributed by atoms with Crippen molar-refractivity contribution in [2.45, 2.75) is 38.7 Å². The van der Waals surface area contributed by atoms with Crippen LogP contribution in [0.3, 0.4) is 0 Å². The molecule has 7 heteroatoms. The maximum Gasteiger partial charge on any atom is 0.410 e. The lowest BCUT2D eigenvalue weighted by atomic mass is 9.80. The predicted molar refractivity (Wildman–Crippen MR) is 87.0 cm³/mol. The van der Waals surface area contributed by atoms with Crippen LogP contribution in [-0.4, -0.2) is 42.8 Å². The molecule has 1 amide bonds. The molecule has 1 aliphatic heterocycles. The van der Waals surface area contributed by atoms with Crippen molar-refractivity contribution in [1.29, 1.82) is 0 Å². The van der Waals surface area contributed by atoms with E-state index >= 15 is 0 Å². The standard InChI is InChI=1S/C18H23F2NO4/c1-18(2,3)25-17(23)21-8-7-13(16(22)24-4)14(10-21)12-6-5-11(19)9-15(12)20/h5-6,9,13-14H,7-8,10H2,1-4H3/t13-,14+/m1/s1. The molecule has 138 valence electrons. The molecule has 1 aromatic carbocycles. The van der Waals surface area contributed by atoms with Crippen molar-refractivity contribution in [2.75, 3.05) is 20.2 Å². The normalized spacial score (nSPS) is 21.0. The van der Waals surface area contributed by atoms with Crippen molar-refractivity contribution in [3.05, 3.63) is 35.4 Å². The van der Waals surface area contributed by atoms with Crippen molar-refractivity contribution in [1.82, 2.24) is 4.90 Å². The fraction of sp³-hybridized carbons (Fsp3) is 0.556. The van der Waals surface area contributed by atoms with Crippen LogP contribution in [0.15, 0.2) is 18.2 Å². The summed E-state index contributed by atoms with van der Waals surface area (Å²) in [5.74, 6) is -3.16. The van der Waals surface area contributed by atoms with Gasteiger partial charge in [0.05, 0.1) is 13.0 Å². The Morgan fingerprint density at radius 3 is 2.48 bits per heavy atom. The smallest absolute Gasteiger partial charge is 0.410 e. The van der Waals surface area contributed by atoms with Gasteiger partial charge in [0, 0.05) is 25.1 Å². The van der Waals surface area contributed by atoms with Crippen LogP contribution in [0.5, 0.6) is 0 Å². The van der Waals surface area contributed by atoms with Gasteiger partial charge in [-0.3, -0.25) is 4.79 Å². The Hall–Kier alpha value is -2.18. The van der Waals surface area contributed by atoms with E-state index in [2.05, 4.69) is 0 Å². The van der Waals surface area contributed by atoms with Crippen molar-refractivity contribution < 1.29 is 27.8 Å². The molecule has 0 aromatic heterocycles. The van der Waals surface area contributed by atoms with Crippen molar-refractivity contribution in [2.24, 2.45) is 5.92 Å². The molecule has 0 N–H and O–H groups in total. The van der Waals surface area contributed by atoms with Gasteiger partial charge >= 0.3 is 12.1 Å². The molecule has 1 heterocycles. The van der Waals surface area contributed by atoms with Gasteiger partial charge in [-0.15, -0.1) is 0 Å². The summed E-state index contributed by atoms with van der Waals surface area (Å²) >= 11 is 0. The summed E-state index contributed by atoms with van der Waals surface area (Å²) in [6.07, 6.45) is -0.212. The number of halogens is 2. The molecule has 0 aliphatic carbocycles. The third-order valence-corrected chi connectivity index (χ3v) is 4.13. The Labute approximate surface area is 145 Å². The summed E-state index contributed by atoms with van der Waals surface area (Å²) in [5.41, 5.74) is -0.475. The van der Waals surface area contributed by atoms with E-state index in [9.17, 15) is 18.4 Å². The first-order valence-electron chi connectivity index (χ1n) is 8.13. The van der Waals surface area contributed by atoms with E-state index in [0.717, 1.165) is 12.1 Å². The highest BCUT2D eigenvalue weighted by Gasteiger charge is 2.39. The van der Waals surface area contributed by atoms with E-state index in [1.54, 1.807) is 20.8 Å². The zero-order valence-corrected chi connectivity index (χ0v) is 14.8. The molecule has 2 rings (SSSR count). The van der Waals surface area contributed by atoms with Gasteiger partial charge in [0.1, 0.15) is 17.2 Å². The second kappa shape index (κ2) is 7.37. The van der Waals surface area contributed by atoms with Crippen LogP contribution < -0.4 is 0 Å². The third kappa shape index (κ3) is 4.67. The van der Waals surface area contributed by atoms with Gasteiger partial charge < -0.3 is 14.4 Å². The Bertz CT molecular complexity index is 657. The molecule has 1 aromatic rings. The Morgan fingerprint density at radius 1 is 1.24 bits per heavy atom. The van der Waals surface area contributed by atoms with E-state index in [-0.39, 0.29) is 12.1 Å². The lowest BCUT2D eigenvalue weighted by Crippen LogP contribution is -2.47. The molecule has 0 bridgehead atoms. The van der Waals surface area contributed by atoms with Gasteiger partial charge in [-0.05, 0) is 38.8 Å². The zero-order chi connectivity index (χ0) is 18.8. The highest BCUT2D eigenvalue weighted by molar-refractivity contribution is 5.75. The number of rotatable bonds is 2. The minimum atomic E-state index is -0.745. The Kier molecular flexibility index (Phi) is 5.65. The number of hydrogen-bond donors (Lipinski definition) is 0. The number of benzene rings is 1. The minimum absolute atomic E-state index is 0.0945. The maximum atomic E-state index is 14.2. The largest absolute Gasteiger partial charge is 0.469 e. The predicted octanol–water partition coefficient (Wildman–Crippen LogP) is 3.48. The number of nitrogens with zero attached hydrogens (tertiary/aromatic N) is 1. The average Bonchev–Trinajstić information content (AvgIpc) is 2.52. The highest BCUT2D eigenvalue weighted by atomic mass is 19.1. The fourth-order valence-corrected chi connectivity index (χ4v) is 3.00. The molecule has 1 saturated heterocycles. The van der Waals surface area contributed by atoms with Gasteiger partial charge in [0.2, 0.25) is 0 Å². The van der Waals surface area contributed by atoms with Crippen molar-refractivity contribution >= 4 is 12.1 Å². The number of likely N-dealkylation sites (tertiary alicyclic amines) is 1. The summed E-state index contributed by atoms with van der Waals surface area (Å²) in [4.78, 5) is 25.8. The number of methoxy groups -OCH3 is 1. The number of carbonyl (C=O) groups excluding carboxylic acids is 2. The summed E-state index contributed by atoms with van der Waals surface area (Å²) in [7, 11) is 1.26. The monoisotopic (exact) mass is 355 g/mol. The molecular weight excluding hydrogens is 332 g/mol. The Balaban J connectivity index is 2.29. The number of carbonyl (C=O) groups is 2. The van der Waals surface area contributed by atoms with Crippen LogP contribution in [0.25, 0.3) is 0 Å². The number of hydrogen-bond acceptors (Lipinski definition) is 4. The summed E-state index contributed by atoms with van der Waals surface area (Å²) in [6.45, 7) is 5.65. The van der Waals surface area contributed by atoms with Crippen LogP contribution >= 0.6 is 0 Å². The number of ether oxygens (including phenoxy) is 2. The third-order valence-electron chi connectivity index (χ3n) is 4.13. The van der Waals surface area contributed by atoms with E-state index in [4.69, 9.17) is 9.47 Å².